The molecular weight excluding hydrogens is 237 g/mol. The van der Waals surface area contributed by atoms with Crippen LogP contribution in [0, 0.1) is 0 Å². The zero-order chi connectivity index (χ0) is 12.5. The Balaban J connectivity index is 3.53. The molecule has 16 heavy (non-hydrogen) atoms. The number of ether oxygens (including phenoxy) is 1. The quantitative estimate of drug-likeness (QED) is 0.810. The lowest BCUT2D eigenvalue weighted by Gasteiger charge is -2.12. The molecule has 0 amide bonds. The Kier molecular flexibility index (Phi) is 3.20. The van der Waals surface area contributed by atoms with Gasteiger partial charge in [-0.3, -0.25) is 9.78 Å². The summed E-state index contributed by atoms with van der Waals surface area (Å²) in [5.74, 6) is -0.451. The highest BCUT2D eigenvalue weighted by molar-refractivity contribution is 5.32. The molecule has 0 aromatic carbocycles. The number of rotatable bonds is 2. The summed E-state index contributed by atoms with van der Waals surface area (Å²) in [5.41, 5.74) is -4.95. The predicted molar refractivity (Wildman–Crippen MR) is 43.6 cm³/mol. The summed E-state index contributed by atoms with van der Waals surface area (Å²) in [4.78, 5) is 12.7. The molecule has 0 fully saturated rings. The fraction of sp³-hybridized carbons (Fsp3) is 0.375. The van der Waals surface area contributed by atoms with E-state index in [1.807, 2.05) is 0 Å². The number of nitrogens with one attached hydrogen (secondary N) is 1. The minimum absolute atomic E-state index is 0.451. The number of aromatic amines is 1. The first kappa shape index (κ1) is 12.5. The molecule has 0 bridgehead atoms. The summed E-state index contributed by atoms with van der Waals surface area (Å²) < 4.78 is 66.0. The first-order valence-electron chi connectivity index (χ1n) is 3.94. The third kappa shape index (κ3) is 2.31. The van der Waals surface area contributed by atoms with E-state index >= 15 is 0 Å². The van der Waals surface area contributed by atoms with Crippen LogP contribution in [0.2, 0.25) is 0 Å². The molecule has 0 aliphatic carbocycles. The van der Waals surface area contributed by atoms with Crippen molar-refractivity contribution in [3.05, 3.63) is 27.5 Å². The second-order valence-electron chi connectivity index (χ2n) is 2.80. The van der Waals surface area contributed by atoms with Gasteiger partial charge in [0.1, 0.15) is 5.56 Å². The zero-order valence-electron chi connectivity index (χ0n) is 7.86. The minimum atomic E-state index is -5.13. The molecule has 8 heteroatoms. The van der Waals surface area contributed by atoms with Gasteiger partial charge in [-0.15, -0.1) is 0 Å². The summed E-state index contributed by atoms with van der Waals surface area (Å²) >= 11 is 0. The molecular formula is C8H6F5NO2. The third-order valence-electron chi connectivity index (χ3n) is 1.78. The monoisotopic (exact) mass is 243 g/mol. The van der Waals surface area contributed by atoms with E-state index in [4.69, 9.17) is 0 Å². The highest BCUT2D eigenvalue weighted by Gasteiger charge is 2.39. The number of hydrogen-bond acceptors (Lipinski definition) is 2. The van der Waals surface area contributed by atoms with E-state index in [1.54, 1.807) is 4.98 Å². The van der Waals surface area contributed by atoms with Crippen LogP contribution in [0.15, 0.2) is 10.9 Å². The van der Waals surface area contributed by atoms with Crippen molar-refractivity contribution in [1.29, 1.82) is 0 Å². The molecule has 0 radical (unpaired) electrons. The second kappa shape index (κ2) is 4.11. The fourth-order valence-corrected chi connectivity index (χ4v) is 1.13. The van der Waals surface area contributed by atoms with E-state index in [0.717, 1.165) is 7.11 Å². The Morgan fingerprint density at radius 3 is 2.31 bits per heavy atom. The van der Waals surface area contributed by atoms with Crippen molar-refractivity contribution in [1.82, 2.24) is 4.98 Å². The summed E-state index contributed by atoms with van der Waals surface area (Å²) in [7, 11) is 1.04. The Morgan fingerprint density at radius 1 is 1.38 bits per heavy atom. The molecule has 1 aromatic rings. The van der Waals surface area contributed by atoms with Gasteiger partial charge in [-0.25, -0.2) is 8.78 Å². The molecule has 0 unspecified atom stereocenters. The van der Waals surface area contributed by atoms with Crippen molar-refractivity contribution in [3.8, 4) is 5.88 Å². The number of hydrogen-bond donors (Lipinski definition) is 1. The predicted octanol–water partition coefficient (Wildman–Crippen LogP) is 2.34. The van der Waals surface area contributed by atoms with Crippen molar-refractivity contribution < 1.29 is 26.7 Å². The topological polar surface area (TPSA) is 42.1 Å². The second-order valence-corrected chi connectivity index (χ2v) is 2.80. The largest absolute Gasteiger partial charge is 0.482 e. The first-order valence-corrected chi connectivity index (χ1v) is 3.94. The van der Waals surface area contributed by atoms with Crippen LogP contribution < -0.4 is 10.3 Å². The third-order valence-corrected chi connectivity index (χ3v) is 1.78. The molecule has 3 nitrogen and oxygen atoms in total. The lowest BCUT2D eigenvalue weighted by Crippen LogP contribution is -2.24. The van der Waals surface area contributed by atoms with Crippen LogP contribution >= 0.6 is 0 Å². The van der Waals surface area contributed by atoms with Crippen molar-refractivity contribution in [2.24, 2.45) is 0 Å². The van der Waals surface area contributed by atoms with Crippen molar-refractivity contribution >= 4 is 0 Å². The summed E-state index contributed by atoms with van der Waals surface area (Å²) in [6, 6.07) is 0.453. The van der Waals surface area contributed by atoms with Crippen LogP contribution in [-0.2, 0) is 6.18 Å². The molecule has 0 saturated heterocycles. The van der Waals surface area contributed by atoms with E-state index in [-0.39, 0.29) is 0 Å². The normalized spacial score (nSPS) is 11.9. The van der Waals surface area contributed by atoms with Gasteiger partial charge in [-0.1, -0.05) is 0 Å². The van der Waals surface area contributed by atoms with Gasteiger partial charge >= 0.3 is 6.18 Å². The van der Waals surface area contributed by atoms with Crippen molar-refractivity contribution in [2.75, 3.05) is 7.11 Å². The number of aromatic nitrogens is 1. The maximum Gasteiger partial charge on any atom is 0.422 e. The lowest BCUT2D eigenvalue weighted by atomic mass is 10.1. The average Bonchev–Trinajstić information content (AvgIpc) is 2.14. The van der Waals surface area contributed by atoms with Crippen LogP contribution in [0.4, 0.5) is 22.0 Å². The first-order chi connectivity index (χ1) is 7.27. The number of H-pyrrole nitrogens is 1. The summed E-state index contributed by atoms with van der Waals surface area (Å²) in [6.07, 6.45) is -8.54. The van der Waals surface area contributed by atoms with E-state index < -0.39 is 35.2 Å². The standard InChI is InChI=1S/C8H6F5NO2/c1-16-4-2-3(6(9)10)5(7(15)14-4)8(11,12)13/h2,6H,1H3,(H,14,15). The van der Waals surface area contributed by atoms with Crippen LogP contribution in [0.3, 0.4) is 0 Å². The Hall–Kier alpha value is -1.60. The number of halogens is 5. The highest BCUT2D eigenvalue weighted by Crippen LogP contribution is 2.34. The van der Waals surface area contributed by atoms with Gasteiger partial charge in [-0.2, -0.15) is 13.2 Å². The van der Waals surface area contributed by atoms with Crippen molar-refractivity contribution in [2.45, 2.75) is 12.6 Å². The SMILES string of the molecule is COc1cc(C(F)F)c(C(F)(F)F)c(=O)[nH]1. The molecule has 1 rings (SSSR count). The van der Waals surface area contributed by atoms with Gasteiger partial charge < -0.3 is 4.74 Å². The number of alkyl halides is 5. The average molecular weight is 243 g/mol. The van der Waals surface area contributed by atoms with Crippen LogP contribution in [0.25, 0.3) is 0 Å². The van der Waals surface area contributed by atoms with E-state index in [1.165, 1.54) is 0 Å². The number of pyridine rings is 1. The summed E-state index contributed by atoms with van der Waals surface area (Å²) in [6.45, 7) is 0. The van der Waals surface area contributed by atoms with Gasteiger partial charge in [0.05, 0.1) is 7.11 Å². The van der Waals surface area contributed by atoms with Crippen molar-refractivity contribution in [3.63, 3.8) is 0 Å². The van der Waals surface area contributed by atoms with Gasteiger partial charge in [-0.05, 0) is 0 Å². The molecule has 90 valence electrons. The lowest BCUT2D eigenvalue weighted by molar-refractivity contribution is -0.140. The van der Waals surface area contributed by atoms with E-state index in [9.17, 15) is 26.7 Å². The highest BCUT2D eigenvalue weighted by atomic mass is 19.4. The van der Waals surface area contributed by atoms with Gasteiger partial charge in [0.15, 0.2) is 5.88 Å². The molecule has 1 aromatic heterocycles. The van der Waals surface area contributed by atoms with Gasteiger partial charge in [0.25, 0.3) is 12.0 Å². The molecule has 0 aliphatic heterocycles. The maximum absolute atomic E-state index is 12.3. The maximum atomic E-state index is 12.3. The molecule has 1 N–H and O–H groups in total. The Morgan fingerprint density at radius 2 is 1.94 bits per heavy atom. The molecule has 0 aliphatic rings. The fourth-order valence-electron chi connectivity index (χ4n) is 1.13. The van der Waals surface area contributed by atoms with Gasteiger partial charge in [0, 0.05) is 11.6 Å². The zero-order valence-corrected chi connectivity index (χ0v) is 7.86. The van der Waals surface area contributed by atoms with E-state index in [0.29, 0.717) is 6.07 Å². The molecule has 0 spiro atoms. The minimum Gasteiger partial charge on any atom is -0.482 e. The Labute approximate surface area is 85.8 Å². The smallest absolute Gasteiger partial charge is 0.422 e. The number of methoxy groups -OCH3 is 1. The Bertz CT molecular complexity index is 437. The van der Waals surface area contributed by atoms with Crippen LogP contribution in [0.1, 0.15) is 17.6 Å². The van der Waals surface area contributed by atoms with E-state index in [2.05, 4.69) is 4.74 Å². The molecule has 0 saturated carbocycles. The summed E-state index contributed by atoms with van der Waals surface area (Å²) in [5, 5.41) is 0. The molecule has 0 atom stereocenters. The van der Waals surface area contributed by atoms with Gasteiger partial charge in [0.2, 0.25) is 0 Å². The molecule has 1 heterocycles. The van der Waals surface area contributed by atoms with Crippen LogP contribution in [0.5, 0.6) is 5.88 Å². The van der Waals surface area contributed by atoms with Crippen LogP contribution in [-0.4, -0.2) is 12.1 Å².